The quantitative estimate of drug-likeness (QED) is 0.626. The maximum atomic E-state index is 11.8. The third-order valence-corrected chi connectivity index (χ3v) is 2.20. The van der Waals surface area contributed by atoms with Gasteiger partial charge in [0.05, 0.1) is 0 Å². The van der Waals surface area contributed by atoms with Crippen molar-refractivity contribution in [3.05, 3.63) is 0 Å². The SMILES string of the molecule is CC(C)[C@H](NC(=O)OC(C)(C)C)C(=O)OCC(Cl)Cl. The number of hydrogen-bond donors (Lipinski definition) is 1. The molecule has 0 aliphatic carbocycles. The molecule has 5 nitrogen and oxygen atoms in total. The van der Waals surface area contributed by atoms with E-state index in [-0.39, 0.29) is 12.5 Å². The molecule has 0 fully saturated rings. The molecule has 0 saturated heterocycles. The Morgan fingerprint density at radius 1 is 1.21 bits per heavy atom. The molecule has 112 valence electrons. The Hall–Kier alpha value is -0.680. The van der Waals surface area contributed by atoms with Crippen LogP contribution in [-0.4, -0.2) is 35.1 Å². The fraction of sp³-hybridized carbons (Fsp3) is 0.833. The van der Waals surface area contributed by atoms with Crippen molar-refractivity contribution in [3.8, 4) is 0 Å². The van der Waals surface area contributed by atoms with Gasteiger partial charge in [-0.05, 0) is 26.7 Å². The predicted octanol–water partition coefficient (Wildman–Crippen LogP) is 2.88. The largest absolute Gasteiger partial charge is 0.461 e. The average molecular weight is 314 g/mol. The fourth-order valence-electron chi connectivity index (χ4n) is 1.17. The van der Waals surface area contributed by atoms with Crippen molar-refractivity contribution in [2.45, 2.75) is 51.1 Å². The lowest BCUT2D eigenvalue weighted by Gasteiger charge is -2.24. The van der Waals surface area contributed by atoms with E-state index in [1.54, 1.807) is 34.6 Å². The molecule has 0 spiro atoms. The van der Waals surface area contributed by atoms with Crippen LogP contribution in [0.1, 0.15) is 34.6 Å². The van der Waals surface area contributed by atoms with Crippen molar-refractivity contribution in [2.75, 3.05) is 6.61 Å². The van der Waals surface area contributed by atoms with Gasteiger partial charge in [0.25, 0.3) is 0 Å². The van der Waals surface area contributed by atoms with Crippen LogP contribution in [0.5, 0.6) is 0 Å². The monoisotopic (exact) mass is 313 g/mol. The van der Waals surface area contributed by atoms with E-state index in [1.807, 2.05) is 0 Å². The number of alkyl carbamates (subject to hydrolysis) is 1. The number of carbonyl (C=O) groups is 2. The van der Waals surface area contributed by atoms with Crippen molar-refractivity contribution >= 4 is 35.3 Å². The first-order valence-corrected chi connectivity index (χ1v) is 6.84. The molecule has 0 bridgehead atoms. The number of ether oxygens (including phenoxy) is 2. The number of carbonyl (C=O) groups excluding carboxylic acids is 2. The van der Waals surface area contributed by atoms with Gasteiger partial charge < -0.3 is 14.8 Å². The second-order valence-electron chi connectivity index (χ2n) is 5.39. The van der Waals surface area contributed by atoms with E-state index in [4.69, 9.17) is 32.7 Å². The van der Waals surface area contributed by atoms with Gasteiger partial charge in [0, 0.05) is 0 Å². The highest BCUT2D eigenvalue weighted by Crippen LogP contribution is 2.10. The first kappa shape index (κ1) is 18.3. The molecule has 19 heavy (non-hydrogen) atoms. The summed E-state index contributed by atoms with van der Waals surface area (Å²) < 4.78 is 9.97. The van der Waals surface area contributed by atoms with Crippen LogP contribution < -0.4 is 5.32 Å². The van der Waals surface area contributed by atoms with Crippen molar-refractivity contribution in [1.82, 2.24) is 5.32 Å². The van der Waals surface area contributed by atoms with Crippen molar-refractivity contribution in [2.24, 2.45) is 5.92 Å². The van der Waals surface area contributed by atoms with Crippen LogP contribution >= 0.6 is 23.2 Å². The van der Waals surface area contributed by atoms with Gasteiger partial charge in [-0.2, -0.15) is 0 Å². The highest BCUT2D eigenvalue weighted by molar-refractivity contribution is 6.44. The van der Waals surface area contributed by atoms with E-state index in [2.05, 4.69) is 5.32 Å². The molecule has 1 atom stereocenters. The van der Waals surface area contributed by atoms with Crippen molar-refractivity contribution in [3.63, 3.8) is 0 Å². The minimum absolute atomic E-state index is 0.124. The molecule has 1 amide bonds. The van der Waals surface area contributed by atoms with Crippen LogP contribution in [0.25, 0.3) is 0 Å². The number of alkyl halides is 2. The first-order valence-electron chi connectivity index (χ1n) is 5.97. The summed E-state index contributed by atoms with van der Waals surface area (Å²) >= 11 is 11.0. The number of esters is 1. The van der Waals surface area contributed by atoms with E-state index in [1.165, 1.54) is 0 Å². The Kier molecular flexibility index (Phi) is 7.52. The lowest BCUT2D eigenvalue weighted by Crippen LogP contribution is -2.47. The highest BCUT2D eigenvalue weighted by Gasteiger charge is 2.28. The van der Waals surface area contributed by atoms with Crippen LogP contribution in [0.2, 0.25) is 0 Å². The number of halogens is 2. The Morgan fingerprint density at radius 2 is 1.74 bits per heavy atom. The lowest BCUT2D eigenvalue weighted by atomic mass is 10.1. The minimum atomic E-state index is -0.804. The molecule has 0 rings (SSSR count). The zero-order chi connectivity index (χ0) is 15.2. The van der Waals surface area contributed by atoms with E-state index < -0.39 is 28.5 Å². The maximum Gasteiger partial charge on any atom is 0.408 e. The van der Waals surface area contributed by atoms with Gasteiger partial charge >= 0.3 is 12.1 Å². The molecule has 0 heterocycles. The van der Waals surface area contributed by atoms with Gasteiger partial charge in [-0.15, -0.1) is 23.2 Å². The molecule has 0 aromatic rings. The Labute approximate surface area is 123 Å². The van der Waals surface area contributed by atoms with Gasteiger partial charge in [-0.1, -0.05) is 13.8 Å². The molecule has 0 aromatic heterocycles. The Balaban J connectivity index is 4.49. The van der Waals surface area contributed by atoms with Gasteiger partial charge in [0.1, 0.15) is 23.1 Å². The summed E-state index contributed by atoms with van der Waals surface area (Å²) in [6.45, 7) is 8.65. The molecular formula is C12H21Cl2NO4. The first-order chi connectivity index (χ1) is 8.53. The fourth-order valence-corrected chi connectivity index (χ4v) is 1.29. The maximum absolute atomic E-state index is 11.8. The minimum Gasteiger partial charge on any atom is -0.461 e. The summed E-state index contributed by atoms with van der Waals surface area (Å²) in [4.78, 5) is 22.6. The van der Waals surface area contributed by atoms with Gasteiger partial charge in [-0.3, -0.25) is 0 Å². The normalized spacial score (nSPS) is 13.3. The molecule has 0 aromatic carbocycles. The van der Waals surface area contributed by atoms with Gasteiger partial charge in [0.15, 0.2) is 0 Å². The van der Waals surface area contributed by atoms with Crippen LogP contribution in [0.3, 0.4) is 0 Å². The molecule has 0 aliphatic rings. The van der Waals surface area contributed by atoms with Gasteiger partial charge in [-0.25, -0.2) is 9.59 Å². The zero-order valence-corrected chi connectivity index (χ0v) is 13.3. The summed E-state index contributed by atoms with van der Waals surface area (Å²) in [5.41, 5.74) is -0.632. The summed E-state index contributed by atoms with van der Waals surface area (Å²) in [5.74, 6) is -0.740. The molecule has 0 radical (unpaired) electrons. The topological polar surface area (TPSA) is 64.6 Å². The van der Waals surface area contributed by atoms with Gasteiger partial charge in [0.2, 0.25) is 0 Å². The van der Waals surface area contributed by atoms with E-state index in [0.29, 0.717) is 0 Å². The summed E-state index contributed by atoms with van der Waals surface area (Å²) in [6.07, 6.45) is -0.670. The number of rotatable bonds is 5. The summed E-state index contributed by atoms with van der Waals surface area (Å²) in [6, 6.07) is -0.804. The third kappa shape index (κ3) is 8.94. The van der Waals surface area contributed by atoms with Crippen LogP contribution in [0.15, 0.2) is 0 Å². The summed E-state index contributed by atoms with van der Waals surface area (Å²) in [7, 11) is 0. The van der Waals surface area contributed by atoms with E-state index >= 15 is 0 Å². The predicted molar refractivity (Wildman–Crippen MR) is 74.4 cm³/mol. The molecule has 7 heteroatoms. The highest BCUT2D eigenvalue weighted by atomic mass is 35.5. The lowest BCUT2D eigenvalue weighted by molar-refractivity contribution is -0.147. The standard InChI is InChI=1S/C12H21Cl2NO4/c1-7(2)9(10(16)18-6-8(13)14)15-11(17)19-12(3,4)5/h7-9H,6H2,1-5H3,(H,15,17)/t9-/m0/s1. The average Bonchev–Trinajstić information content (AvgIpc) is 2.19. The molecule has 0 unspecified atom stereocenters. The second-order valence-corrected chi connectivity index (χ2v) is 6.67. The molecular weight excluding hydrogens is 293 g/mol. The summed E-state index contributed by atoms with van der Waals surface area (Å²) in [5, 5.41) is 2.47. The molecule has 0 aliphatic heterocycles. The third-order valence-electron chi connectivity index (χ3n) is 1.94. The smallest absolute Gasteiger partial charge is 0.408 e. The molecule has 1 N–H and O–H groups in total. The van der Waals surface area contributed by atoms with Crippen LogP contribution in [0, 0.1) is 5.92 Å². The number of nitrogens with one attached hydrogen (secondary N) is 1. The zero-order valence-electron chi connectivity index (χ0n) is 11.8. The van der Waals surface area contributed by atoms with Crippen LogP contribution in [-0.2, 0) is 14.3 Å². The number of hydrogen-bond acceptors (Lipinski definition) is 4. The van der Waals surface area contributed by atoms with Crippen molar-refractivity contribution < 1.29 is 19.1 Å². The van der Waals surface area contributed by atoms with E-state index in [0.717, 1.165) is 0 Å². The van der Waals surface area contributed by atoms with Crippen molar-refractivity contribution in [1.29, 1.82) is 0 Å². The molecule has 0 saturated carbocycles. The Morgan fingerprint density at radius 3 is 2.11 bits per heavy atom. The second kappa shape index (κ2) is 7.80. The number of amides is 1. The Bertz CT molecular complexity index is 313. The van der Waals surface area contributed by atoms with E-state index in [9.17, 15) is 9.59 Å². The van der Waals surface area contributed by atoms with Crippen LogP contribution in [0.4, 0.5) is 4.79 Å².